The van der Waals surface area contributed by atoms with Crippen LogP contribution < -0.4 is 10.2 Å². The Morgan fingerprint density at radius 1 is 1.50 bits per heavy atom. The molecule has 2 rings (SSSR count). The zero-order valence-electron chi connectivity index (χ0n) is 9.04. The van der Waals surface area contributed by atoms with Crippen LogP contribution in [0.15, 0.2) is 24.4 Å². The van der Waals surface area contributed by atoms with E-state index in [1.54, 1.807) is 20.2 Å². The Kier molecular flexibility index (Phi) is 2.75. The van der Waals surface area contributed by atoms with Crippen molar-refractivity contribution in [3.8, 4) is 0 Å². The quantitative estimate of drug-likeness (QED) is 0.787. The molecule has 0 bridgehead atoms. The Hall–Kier alpha value is -1.68. The Labute approximate surface area is 98.2 Å². The number of amides is 2. The van der Waals surface area contributed by atoms with Crippen LogP contribution in [-0.4, -0.2) is 25.1 Å². The number of nitrogens with zero attached hydrogens (tertiary/aromatic N) is 1. The van der Waals surface area contributed by atoms with E-state index in [1.165, 1.54) is 4.90 Å². The number of fused-ring (bicyclic) bond motifs is 1. The predicted octanol–water partition coefficient (Wildman–Crippen LogP) is 2.60. The van der Waals surface area contributed by atoms with Crippen LogP contribution in [0.3, 0.4) is 0 Å². The van der Waals surface area contributed by atoms with Gasteiger partial charge in [0.2, 0.25) is 0 Å². The van der Waals surface area contributed by atoms with Gasteiger partial charge >= 0.3 is 6.03 Å². The van der Waals surface area contributed by atoms with Gasteiger partial charge < -0.3 is 10.3 Å². The molecule has 84 valence electrons. The van der Waals surface area contributed by atoms with Crippen LogP contribution in [0.5, 0.6) is 0 Å². The third-order valence-electron chi connectivity index (χ3n) is 2.51. The molecule has 1 aromatic carbocycles. The second-order valence-electron chi connectivity index (χ2n) is 3.48. The highest BCUT2D eigenvalue weighted by atomic mass is 35.5. The number of rotatable bonds is 1. The number of aromatic amines is 1. The maximum atomic E-state index is 11.5. The third kappa shape index (κ3) is 1.72. The molecular weight excluding hydrogens is 226 g/mol. The Morgan fingerprint density at radius 3 is 2.94 bits per heavy atom. The SMILES string of the molecule is CNC(=O)N(C)c1cc(Cl)c2cc[nH]c2c1. The van der Waals surface area contributed by atoms with Gasteiger partial charge in [-0.05, 0) is 18.2 Å². The van der Waals surface area contributed by atoms with Crippen molar-refractivity contribution in [1.82, 2.24) is 10.3 Å². The molecule has 0 spiro atoms. The zero-order chi connectivity index (χ0) is 11.7. The van der Waals surface area contributed by atoms with Crippen LogP contribution in [0.25, 0.3) is 10.9 Å². The number of hydrogen-bond acceptors (Lipinski definition) is 1. The molecule has 2 N–H and O–H groups in total. The summed E-state index contributed by atoms with van der Waals surface area (Å²) >= 11 is 6.12. The van der Waals surface area contributed by atoms with Crippen molar-refractivity contribution in [2.24, 2.45) is 0 Å². The van der Waals surface area contributed by atoms with Gasteiger partial charge in [-0.3, -0.25) is 4.90 Å². The van der Waals surface area contributed by atoms with E-state index in [2.05, 4.69) is 10.3 Å². The van der Waals surface area contributed by atoms with Gasteiger partial charge in [0, 0.05) is 36.9 Å². The van der Waals surface area contributed by atoms with E-state index in [4.69, 9.17) is 11.6 Å². The lowest BCUT2D eigenvalue weighted by Gasteiger charge is -2.17. The summed E-state index contributed by atoms with van der Waals surface area (Å²) < 4.78 is 0. The molecule has 0 aliphatic rings. The van der Waals surface area contributed by atoms with Crippen LogP contribution in [0, 0.1) is 0 Å². The predicted molar refractivity (Wildman–Crippen MR) is 66.2 cm³/mol. The minimum atomic E-state index is -0.179. The molecule has 1 heterocycles. The zero-order valence-corrected chi connectivity index (χ0v) is 9.80. The average molecular weight is 238 g/mol. The molecule has 16 heavy (non-hydrogen) atoms. The standard InChI is InChI=1S/C11H12ClN3O/c1-13-11(16)15(2)7-5-9(12)8-3-4-14-10(8)6-7/h3-6,14H,1-2H3,(H,13,16). The molecule has 0 unspecified atom stereocenters. The van der Waals surface area contributed by atoms with E-state index in [9.17, 15) is 4.79 Å². The van der Waals surface area contributed by atoms with Crippen LogP contribution in [-0.2, 0) is 0 Å². The van der Waals surface area contributed by atoms with Crippen LogP contribution >= 0.6 is 11.6 Å². The molecule has 4 nitrogen and oxygen atoms in total. The Balaban J connectivity index is 2.49. The molecule has 2 aromatic rings. The summed E-state index contributed by atoms with van der Waals surface area (Å²) in [6, 6.07) is 5.38. The maximum absolute atomic E-state index is 11.5. The van der Waals surface area contributed by atoms with E-state index >= 15 is 0 Å². The van der Waals surface area contributed by atoms with Gasteiger partial charge in [0.1, 0.15) is 0 Å². The number of urea groups is 1. The Morgan fingerprint density at radius 2 is 2.25 bits per heavy atom. The fraction of sp³-hybridized carbons (Fsp3) is 0.182. The highest BCUT2D eigenvalue weighted by Crippen LogP contribution is 2.28. The van der Waals surface area contributed by atoms with Crippen LogP contribution in [0.2, 0.25) is 5.02 Å². The van der Waals surface area contributed by atoms with E-state index < -0.39 is 0 Å². The summed E-state index contributed by atoms with van der Waals surface area (Å²) in [5.74, 6) is 0. The first-order valence-corrected chi connectivity index (χ1v) is 5.23. The lowest BCUT2D eigenvalue weighted by Crippen LogP contribution is -2.34. The molecule has 2 amide bonds. The summed E-state index contributed by atoms with van der Waals surface area (Å²) in [4.78, 5) is 16.0. The van der Waals surface area contributed by atoms with Crippen molar-refractivity contribution in [2.75, 3.05) is 19.0 Å². The van der Waals surface area contributed by atoms with E-state index in [0.29, 0.717) is 5.02 Å². The number of nitrogens with one attached hydrogen (secondary N) is 2. The first kappa shape index (κ1) is 10.8. The average Bonchev–Trinajstić information content (AvgIpc) is 2.75. The molecule has 0 fully saturated rings. The number of halogens is 1. The normalized spacial score (nSPS) is 10.4. The molecule has 1 aromatic heterocycles. The number of carbonyl (C=O) groups excluding carboxylic acids is 1. The first-order chi connectivity index (χ1) is 7.63. The summed E-state index contributed by atoms with van der Waals surface area (Å²) in [5.41, 5.74) is 1.66. The van der Waals surface area contributed by atoms with Gasteiger partial charge in [-0.15, -0.1) is 0 Å². The maximum Gasteiger partial charge on any atom is 0.321 e. The number of anilines is 1. The highest BCUT2D eigenvalue weighted by Gasteiger charge is 2.11. The van der Waals surface area contributed by atoms with Crippen molar-refractivity contribution in [2.45, 2.75) is 0 Å². The fourth-order valence-corrected chi connectivity index (χ4v) is 1.86. The second-order valence-corrected chi connectivity index (χ2v) is 3.89. The number of benzene rings is 1. The van der Waals surface area contributed by atoms with Crippen molar-refractivity contribution >= 4 is 34.2 Å². The van der Waals surface area contributed by atoms with Gasteiger partial charge in [-0.2, -0.15) is 0 Å². The summed E-state index contributed by atoms with van der Waals surface area (Å²) in [6.07, 6.45) is 1.82. The fourth-order valence-electron chi connectivity index (χ4n) is 1.59. The van der Waals surface area contributed by atoms with Crippen molar-refractivity contribution in [1.29, 1.82) is 0 Å². The Bertz CT molecular complexity index is 535. The molecule has 0 atom stereocenters. The smallest absolute Gasteiger partial charge is 0.321 e. The lowest BCUT2D eigenvalue weighted by molar-refractivity contribution is 0.249. The largest absolute Gasteiger partial charge is 0.361 e. The molecule has 5 heteroatoms. The molecule has 0 radical (unpaired) electrons. The van der Waals surface area contributed by atoms with Crippen molar-refractivity contribution in [3.05, 3.63) is 29.4 Å². The highest BCUT2D eigenvalue weighted by molar-refractivity contribution is 6.35. The first-order valence-electron chi connectivity index (χ1n) is 4.85. The molecular formula is C11H12ClN3O. The van der Waals surface area contributed by atoms with Gasteiger partial charge in [0.05, 0.1) is 5.02 Å². The van der Waals surface area contributed by atoms with Gasteiger partial charge in [0.15, 0.2) is 0 Å². The van der Waals surface area contributed by atoms with Gasteiger partial charge in [-0.1, -0.05) is 11.6 Å². The minimum absolute atomic E-state index is 0.179. The number of hydrogen-bond donors (Lipinski definition) is 2. The summed E-state index contributed by atoms with van der Waals surface area (Å²) in [6.45, 7) is 0. The number of carbonyl (C=O) groups is 1. The monoisotopic (exact) mass is 237 g/mol. The summed E-state index contributed by atoms with van der Waals surface area (Å²) in [7, 11) is 3.28. The van der Waals surface area contributed by atoms with Crippen LogP contribution in [0.4, 0.5) is 10.5 Å². The van der Waals surface area contributed by atoms with E-state index in [-0.39, 0.29) is 6.03 Å². The van der Waals surface area contributed by atoms with Gasteiger partial charge in [0.25, 0.3) is 0 Å². The minimum Gasteiger partial charge on any atom is -0.361 e. The topological polar surface area (TPSA) is 48.1 Å². The van der Waals surface area contributed by atoms with E-state index in [1.807, 2.05) is 18.3 Å². The molecule has 0 saturated heterocycles. The lowest BCUT2D eigenvalue weighted by atomic mass is 10.2. The third-order valence-corrected chi connectivity index (χ3v) is 2.82. The van der Waals surface area contributed by atoms with E-state index in [0.717, 1.165) is 16.6 Å². The van der Waals surface area contributed by atoms with Crippen molar-refractivity contribution in [3.63, 3.8) is 0 Å². The molecule has 0 aliphatic carbocycles. The summed E-state index contributed by atoms with van der Waals surface area (Å²) in [5, 5.41) is 4.14. The van der Waals surface area contributed by atoms with Crippen LogP contribution in [0.1, 0.15) is 0 Å². The van der Waals surface area contributed by atoms with Crippen molar-refractivity contribution < 1.29 is 4.79 Å². The number of H-pyrrole nitrogens is 1. The second kappa shape index (κ2) is 4.06. The number of aromatic nitrogens is 1. The molecule has 0 aliphatic heterocycles. The van der Waals surface area contributed by atoms with Gasteiger partial charge in [-0.25, -0.2) is 4.79 Å². The molecule has 0 saturated carbocycles.